The second-order valence-electron chi connectivity index (χ2n) is 4.95. The molecule has 13 heavy (non-hydrogen) atoms. The first-order valence-electron chi connectivity index (χ1n) is 5.76. The molecular formula is C12H19N. The van der Waals surface area contributed by atoms with E-state index in [1.54, 1.807) is 0 Å². The highest BCUT2D eigenvalue weighted by Crippen LogP contribution is 2.47. The van der Waals surface area contributed by atoms with Gasteiger partial charge < -0.3 is 0 Å². The summed E-state index contributed by atoms with van der Waals surface area (Å²) in [4.78, 5) is 0. The third-order valence-corrected chi connectivity index (χ3v) is 3.95. The van der Waals surface area contributed by atoms with Gasteiger partial charge in [0.2, 0.25) is 0 Å². The second kappa shape index (κ2) is 3.70. The van der Waals surface area contributed by atoms with E-state index in [0.29, 0.717) is 0 Å². The molecule has 1 nitrogen and oxygen atoms in total. The monoisotopic (exact) mass is 177 g/mol. The van der Waals surface area contributed by atoms with Gasteiger partial charge in [-0.15, -0.1) is 0 Å². The topological polar surface area (TPSA) is 23.8 Å². The van der Waals surface area contributed by atoms with Crippen LogP contribution in [0.25, 0.3) is 0 Å². The molecule has 0 amide bonds. The average Bonchev–Trinajstić information content (AvgIpc) is 2.13. The van der Waals surface area contributed by atoms with Crippen molar-refractivity contribution in [2.24, 2.45) is 11.3 Å². The molecule has 2 saturated carbocycles. The van der Waals surface area contributed by atoms with Crippen LogP contribution in [0.15, 0.2) is 0 Å². The van der Waals surface area contributed by atoms with Crippen LogP contribution in [0.1, 0.15) is 57.8 Å². The van der Waals surface area contributed by atoms with Crippen molar-refractivity contribution in [2.45, 2.75) is 57.8 Å². The van der Waals surface area contributed by atoms with Gasteiger partial charge in [0.05, 0.1) is 11.5 Å². The van der Waals surface area contributed by atoms with E-state index in [-0.39, 0.29) is 5.41 Å². The van der Waals surface area contributed by atoms with Crippen molar-refractivity contribution in [1.82, 2.24) is 0 Å². The minimum atomic E-state index is 0.127. The zero-order valence-electron chi connectivity index (χ0n) is 8.39. The molecule has 1 heteroatoms. The maximum absolute atomic E-state index is 9.12. The van der Waals surface area contributed by atoms with Crippen LogP contribution in [0, 0.1) is 22.7 Å². The largest absolute Gasteiger partial charge is 0.198 e. The summed E-state index contributed by atoms with van der Waals surface area (Å²) in [5.74, 6) is 0.883. The third kappa shape index (κ3) is 1.88. The highest BCUT2D eigenvalue weighted by atomic mass is 14.5. The van der Waals surface area contributed by atoms with Gasteiger partial charge in [-0.2, -0.15) is 5.26 Å². The van der Waals surface area contributed by atoms with Gasteiger partial charge in [-0.05, 0) is 25.2 Å². The Kier molecular flexibility index (Phi) is 2.58. The first-order valence-corrected chi connectivity index (χ1v) is 5.76. The molecule has 0 saturated heterocycles. The Labute approximate surface area is 81.1 Å². The van der Waals surface area contributed by atoms with Crippen molar-refractivity contribution in [2.75, 3.05) is 0 Å². The van der Waals surface area contributed by atoms with Gasteiger partial charge in [-0.3, -0.25) is 0 Å². The molecule has 72 valence electrons. The predicted octanol–water partition coefficient (Wildman–Crippen LogP) is 3.65. The predicted molar refractivity (Wildman–Crippen MR) is 53.1 cm³/mol. The number of hydrogen-bond donors (Lipinski definition) is 0. The van der Waals surface area contributed by atoms with Gasteiger partial charge in [-0.25, -0.2) is 0 Å². The smallest absolute Gasteiger partial charge is 0.0689 e. The van der Waals surface area contributed by atoms with Gasteiger partial charge >= 0.3 is 0 Å². The Morgan fingerprint density at radius 3 is 2.23 bits per heavy atom. The van der Waals surface area contributed by atoms with Gasteiger partial charge in [0.15, 0.2) is 0 Å². The summed E-state index contributed by atoms with van der Waals surface area (Å²) >= 11 is 0. The van der Waals surface area contributed by atoms with Crippen LogP contribution in [-0.2, 0) is 0 Å². The molecule has 0 heterocycles. The molecule has 0 aromatic rings. The van der Waals surface area contributed by atoms with E-state index < -0.39 is 0 Å². The summed E-state index contributed by atoms with van der Waals surface area (Å²) in [7, 11) is 0. The minimum Gasteiger partial charge on any atom is -0.198 e. The van der Waals surface area contributed by atoms with Crippen LogP contribution < -0.4 is 0 Å². The van der Waals surface area contributed by atoms with Crippen LogP contribution in [0.5, 0.6) is 0 Å². The molecule has 0 aromatic heterocycles. The van der Waals surface area contributed by atoms with Crippen molar-refractivity contribution in [3.8, 4) is 6.07 Å². The van der Waals surface area contributed by atoms with Crippen LogP contribution in [0.4, 0.5) is 0 Å². The van der Waals surface area contributed by atoms with Gasteiger partial charge in [0.25, 0.3) is 0 Å². The summed E-state index contributed by atoms with van der Waals surface area (Å²) < 4.78 is 0. The Balaban J connectivity index is 1.85. The van der Waals surface area contributed by atoms with Crippen molar-refractivity contribution in [1.29, 1.82) is 5.26 Å². The van der Waals surface area contributed by atoms with Crippen LogP contribution in [0.2, 0.25) is 0 Å². The molecule has 0 aliphatic heterocycles. The van der Waals surface area contributed by atoms with Crippen LogP contribution >= 0.6 is 0 Å². The lowest BCUT2D eigenvalue weighted by Gasteiger charge is -2.39. The van der Waals surface area contributed by atoms with E-state index in [4.69, 9.17) is 5.26 Å². The molecule has 2 aliphatic rings. The normalized spacial score (nSPS) is 27.6. The highest BCUT2D eigenvalue weighted by Gasteiger charge is 2.39. The molecule has 0 bridgehead atoms. The van der Waals surface area contributed by atoms with Crippen molar-refractivity contribution in [3.63, 3.8) is 0 Å². The summed E-state index contributed by atoms with van der Waals surface area (Å²) in [6, 6.07) is 2.56. The summed E-state index contributed by atoms with van der Waals surface area (Å²) in [6.07, 6.45) is 11.9. The first-order chi connectivity index (χ1) is 6.35. The van der Waals surface area contributed by atoms with E-state index in [9.17, 15) is 0 Å². The fourth-order valence-corrected chi connectivity index (χ4v) is 2.91. The van der Waals surface area contributed by atoms with E-state index in [1.807, 2.05) is 0 Å². The lowest BCUT2D eigenvalue weighted by molar-refractivity contribution is 0.145. The molecule has 0 unspecified atom stereocenters. The van der Waals surface area contributed by atoms with E-state index in [2.05, 4.69) is 6.07 Å². The molecule has 0 radical (unpaired) electrons. The van der Waals surface area contributed by atoms with Crippen molar-refractivity contribution >= 4 is 0 Å². The molecular weight excluding hydrogens is 158 g/mol. The number of nitrogens with zero attached hydrogens (tertiary/aromatic N) is 1. The number of nitriles is 1. The maximum atomic E-state index is 9.12. The lowest BCUT2D eigenvalue weighted by atomic mass is 9.63. The Bertz CT molecular complexity index is 204. The molecule has 0 N–H and O–H groups in total. The molecule has 2 aliphatic carbocycles. The molecule has 0 aromatic carbocycles. The molecule has 2 fully saturated rings. The van der Waals surface area contributed by atoms with Crippen LogP contribution in [-0.4, -0.2) is 0 Å². The quantitative estimate of drug-likeness (QED) is 0.631. The fourth-order valence-electron chi connectivity index (χ4n) is 2.91. The molecule has 0 spiro atoms. The summed E-state index contributed by atoms with van der Waals surface area (Å²) in [5.41, 5.74) is 0.127. The molecule has 2 rings (SSSR count). The Morgan fingerprint density at radius 2 is 1.77 bits per heavy atom. The van der Waals surface area contributed by atoms with Gasteiger partial charge in [0.1, 0.15) is 0 Å². The average molecular weight is 177 g/mol. The highest BCUT2D eigenvalue weighted by molar-refractivity contribution is 5.05. The van der Waals surface area contributed by atoms with E-state index in [1.165, 1.54) is 57.8 Å². The zero-order chi connectivity index (χ0) is 9.15. The Morgan fingerprint density at radius 1 is 1.08 bits per heavy atom. The number of rotatable bonds is 2. The van der Waals surface area contributed by atoms with E-state index >= 15 is 0 Å². The SMILES string of the molecule is N#CC1(CC2CCCCC2)CCC1. The minimum absolute atomic E-state index is 0.127. The lowest BCUT2D eigenvalue weighted by Crippen LogP contribution is -2.30. The number of hydrogen-bond acceptors (Lipinski definition) is 1. The fraction of sp³-hybridized carbons (Fsp3) is 0.917. The van der Waals surface area contributed by atoms with E-state index in [0.717, 1.165) is 5.92 Å². The van der Waals surface area contributed by atoms with Crippen molar-refractivity contribution < 1.29 is 0 Å². The second-order valence-corrected chi connectivity index (χ2v) is 4.95. The van der Waals surface area contributed by atoms with Gasteiger partial charge in [-0.1, -0.05) is 38.5 Å². The Hall–Kier alpha value is -0.510. The molecule has 0 atom stereocenters. The third-order valence-electron chi connectivity index (χ3n) is 3.95. The zero-order valence-corrected chi connectivity index (χ0v) is 8.39. The standard InChI is InChI=1S/C12H19N/c13-10-12(7-4-8-12)9-11-5-2-1-3-6-11/h11H,1-9H2. The maximum Gasteiger partial charge on any atom is 0.0689 e. The summed E-state index contributed by atoms with van der Waals surface area (Å²) in [6.45, 7) is 0. The van der Waals surface area contributed by atoms with Gasteiger partial charge in [0, 0.05) is 0 Å². The van der Waals surface area contributed by atoms with Crippen molar-refractivity contribution in [3.05, 3.63) is 0 Å². The first kappa shape index (κ1) is 9.06. The van der Waals surface area contributed by atoms with Crippen LogP contribution in [0.3, 0.4) is 0 Å². The summed E-state index contributed by atoms with van der Waals surface area (Å²) in [5, 5.41) is 9.12.